The van der Waals surface area contributed by atoms with E-state index in [1.54, 1.807) is 4.57 Å². The lowest BCUT2D eigenvalue weighted by Crippen LogP contribution is -2.16. The number of aromatic amines is 1. The van der Waals surface area contributed by atoms with Crippen LogP contribution in [0.25, 0.3) is 22.0 Å². The molecular weight excluding hydrogens is 284 g/mol. The minimum Gasteiger partial charge on any atom is -0.395 e. The van der Waals surface area contributed by atoms with Gasteiger partial charge in [0, 0.05) is 18.2 Å². The Balaban J connectivity index is 2.38. The SMILES string of the molecule is O=c1cc(-c2cccc3ccccc23)n(CCO)c(=S)[nH]1. The molecule has 0 radical (unpaired) electrons. The summed E-state index contributed by atoms with van der Waals surface area (Å²) in [6.45, 7) is 0.298. The average molecular weight is 298 g/mol. The Hall–Kier alpha value is -2.24. The third-order valence-electron chi connectivity index (χ3n) is 3.42. The fraction of sp³-hybridized carbons (Fsp3) is 0.125. The van der Waals surface area contributed by atoms with Gasteiger partial charge in [-0.3, -0.25) is 9.78 Å². The first-order chi connectivity index (χ1) is 10.2. The van der Waals surface area contributed by atoms with Gasteiger partial charge >= 0.3 is 0 Å². The highest BCUT2D eigenvalue weighted by atomic mass is 32.1. The molecule has 0 aliphatic heterocycles. The van der Waals surface area contributed by atoms with Crippen molar-refractivity contribution in [1.29, 1.82) is 0 Å². The van der Waals surface area contributed by atoms with Crippen LogP contribution >= 0.6 is 12.2 Å². The summed E-state index contributed by atoms with van der Waals surface area (Å²) in [5.74, 6) is 0. The summed E-state index contributed by atoms with van der Waals surface area (Å²) in [5.41, 5.74) is 1.41. The highest BCUT2D eigenvalue weighted by molar-refractivity contribution is 7.71. The van der Waals surface area contributed by atoms with Gasteiger partial charge in [-0.25, -0.2) is 0 Å². The summed E-state index contributed by atoms with van der Waals surface area (Å²) in [4.78, 5) is 14.4. The van der Waals surface area contributed by atoms with E-state index in [4.69, 9.17) is 12.2 Å². The van der Waals surface area contributed by atoms with Gasteiger partial charge in [-0.05, 0) is 23.0 Å². The molecule has 0 aliphatic rings. The average Bonchev–Trinajstić information content (AvgIpc) is 2.49. The van der Waals surface area contributed by atoms with Crippen molar-refractivity contribution in [2.45, 2.75) is 6.54 Å². The molecule has 3 rings (SSSR count). The maximum absolute atomic E-state index is 11.8. The van der Waals surface area contributed by atoms with E-state index in [0.29, 0.717) is 11.3 Å². The highest BCUT2D eigenvalue weighted by Gasteiger charge is 2.09. The Kier molecular flexibility index (Phi) is 3.68. The molecule has 4 nitrogen and oxygen atoms in total. The van der Waals surface area contributed by atoms with E-state index in [-0.39, 0.29) is 12.2 Å². The van der Waals surface area contributed by atoms with Gasteiger partial charge in [0.25, 0.3) is 5.56 Å². The van der Waals surface area contributed by atoms with Gasteiger partial charge in [-0.15, -0.1) is 0 Å². The molecule has 2 aromatic carbocycles. The van der Waals surface area contributed by atoms with Crippen molar-refractivity contribution in [1.82, 2.24) is 9.55 Å². The molecule has 0 amide bonds. The lowest BCUT2D eigenvalue weighted by atomic mass is 10.0. The zero-order valence-corrected chi connectivity index (χ0v) is 12.1. The summed E-state index contributed by atoms with van der Waals surface area (Å²) < 4.78 is 2.07. The van der Waals surface area contributed by atoms with Crippen LogP contribution in [0.2, 0.25) is 0 Å². The molecule has 0 bridgehead atoms. The Morgan fingerprint density at radius 2 is 1.90 bits per heavy atom. The highest BCUT2D eigenvalue weighted by Crippen LogP contribution is 2.27. The van der Waals surface area contributed by atoms with Crippen LogP contribution in [0.3, 0.4) is 0 Å². The predicted molar refractivity (Wildman–Crippen MR) is 85.9 cm³/mol. The number of H-pyrrole nitrogens is 1. The molecule has 3 aromatic rings. The van der Waals surface area contributed by atoms with Gasteiger partial charge in [-0.2, -0.15) is 0 Å². The van der Waals surface area contributed by atoms with Gasteiger partial charge < -0.3 is 9.67 Å². The van der Waals surface area contributed by atoms with Crippen LogP contribution in [0.15, 0.2) is 53.3 Å². The van der Waals surface area contributed by atoms with Crippen molar-refractivity contribution < 1.29 is 5.11 Å². The minimum atomic E-state index is -0.239. The van der Waals surface area contributed by atoms with Crippen LogP contribution in [0.5, 0.6) is 0 Å². The maximum Gasteiger partial charge on any atom is 0.252 e. The number of aliphatic hydroxyl groups excluding tert-OH is 1. The summed E-state index contributed by atoms with van der Waals surface area (Å²) >= 11 is 5.21. The first-order valence-corrected chi connectivity index (χ1v) is 7.04. The number of hydrogen-bond acceptors (Lipinski definition) is 3. The van der Waals surface area contributed by atoms with Gasteiger partial charge in [-0.1, -0.05) is 42.5 Å². The molecule has 0 saturated carbocycles. The summed E-state index contributed by atoms with van der Waals surface area (Å²) in [5, 5.41) is 11.4. The second kappa shape index (κ2) is 5.63. The monoisotopic (exact) mass is 298 g/mol. The van der Waals surface area contributed by atoms with E-state index < -0.39 is 0 Å². The second-order valence-corrected chi connectivity index (χ2v) is 5.11. The molecule has 106 valence electrons. The normalized spacial score (nSPS) is 10.9. The largest absolute Gasteiger partial charge is 0.395 e. The third kappa shape index (κ3) is 2.53. The molecule has 0 fully saturated rings. The summed E-state index contributed by atoms with van der Waals surface area (Å²) in [7, 11) is 0. The first kappa shape index (κ1) is 13.7. The number of fused-ring (bicyclic) bond motifs is 1. The van der Waals surface area contributed by atoms with Crippen molar-refractivity contribution >= 4 is 23.0 Å². The Bertz CT molecular complexity index is 907. The Labute approximate surface area is 126 Å². The van der Waals surface area contributed by atoms with Gasteiger partial charge in [0.2, 0.25) is 0 Å². The molecular formula is C16H14N2O2S. The molecule has 1 aromatic heterocycles. The van der Waals surface area contributed by atoms with Crippen LogP contribution in [0.4, 0.5) is 0 Å². The number of aliphatic hydroxyl groups is 1. The van der Waals surface area contributed by atoms with Crippen LogP contribution in [-0.4, -0.2) is 21.3 Å². The molecule has 2 N–H and O–H groups in total. The number of nitrogens with one attached hydrogen (secondary N) is 1. The van der Waals surface area contributed by atoms with Crippen molar-refractivity contribution in [3.8, 4) is 11.3 Å². The zero-order valence-electron chi connectivity index (χ0n) is 11.2. The van der Waals surface area contributed by atoms with Gasteiger partial charge in [0.1, 0.15) is 0 Å². The topological polar surface area (TPSA) is 58.0 Å². The number of nitrogens with zero attached hydrogens (tertiary/aromatic N) is 1. The molecule has 0 unspecified atom stereocenters. The quantitative estimate of drug-likeness (QED) is 0.731. The molecule has 0 spiro atoms. The van der Waals surface area contributed by atoms with E-state index in [1.165, 1.54) is 6.07 Å². The van der Waals surface area contributed by atoms with Crippen LogP contribution in [0, 0.1) is 4.77 Å². The van der Waals surface area contributed by atoms with Crippen molar-refractivity contribution in [2.75, 3.05) is 6.61 Å². The van der Waals surface area contributed by atoms with Crippen LogP contribution in [0.1, 0.15) is 0 Å². The van der Waals surface area contributed by atoms with Crippen molar-refractivity contribution in [3.05, 3.63) is 63.7 Å². The lowest BCUT2D eigenvalue weighted by Gasteiger charge is -2.14. The third-order valence-corrected chi connectivity index (χ3v) is 3.75. The molecule has 0 saturated heterocycles. The van der Waals surface area contributed by atoms with E-state index >= 15 is 0 Å². The molecule has 0 aliphatic carbocycles. The fourth-order valence-electron chi connectivity index (χ4n) is 2.51. The minimum absolute atomic E-state index is 0.0435. The number of hydrogen-bond donors (Lipinski definition) is 2. The molecule has 21 heavy (non-hydrogen) atoms. The standard InChI is InChI=1S/C16H14N2O2S/c19-9-8-18-14(10-15(20)17-16(18)21)13-7-3-5-11-4-1-2-6-12(11)13/h1-7,10,19H,8-9H2,(H,17,20,21). The second-order valence-electron chi connectivity index (χ2n) is 4.73. The number of benzene rings is 2. The molecule has 5 heteroatoms. The van der Waals surface area contributed by atoms with Gasteiger partial charge in [0.15, 0.2) is 4.77 Å². The van der Waals surface area contributed by atoms with E-state index in [1.807, 2.05) is 42.5 Å². The van der Waals surface area contributed by atoms with Gasteiger partial charge in [0.05, 0.1) is 12.3 Å². The van der Waals surface area contributed by atoms with Crippen molar-refractivity contribution in [3.63, 3.8) is 0 Å². The first-order valence-electron chi connectivity index (χ1n) is 6.64. The zero-order chi connectivity index (χ0) is 14.8. The molecule has 1 heterocycles. The number of rotatable bonds is 3. The van der Waals surface area contributed by atoms with E-state index in [9.17, 15) is 9.90 Å². The summed E-state index contributed by atoms with van der Waals surface area (Å²) in [6, 6.07) is 15.4. The molecule has 0 atom stereocenters. The Morgan fingerprint density at radius 1 is 1.14 bits per heavy atom. The number of aromatic nitrogens is 2. The maximum atomic E-state index is 11.8. The lowest BCUT2D eigenvalue weighted by molar-refractivity contribution is 0.275. The van der Waals surface area contributed by atoms with Crippen molar-refractivity contribution in [2.24, 2.45) is 0 Å². The Morgan fingerprint density at radius 3 is 2.71 bits per heavy atom. The van der Waals surface area contributed by atoms with E-state index in [0.717, 1.165) is 22.0 Å². The fourth-order valence-corrected chi connectivity index (χ4v) is 2.80. The van der Waals surface area contributed by atoms with Crippen LogP contribution in [-0.2, 0) is 6.54 Å². The van der Waals surface area contributed by atoms with E-state index in [2.05, 4.69) is 4.98 Å². The summed E-state index contributed by atoms with van der Waals surface area (Å²) in [6.07, 6.45) is 0. The predicted octanol–water partition coefficient (Wildman–Crippen LogP) is 2.72. The smallest absolute Gasteiger partial charge is 0.252 e. The van der Waals surface area contributed by atoms with Crippen LogP contribution < -0.4 is 5.56 Å².